The molecule has 1 heteroatoms. The fraction of sp³-hybridized carbons (Fsp3) is 0.900. The third-order valence-corrected chi connectivity index (χ3v) is 3.08. The molecule has 0 saturated heterocycles. The predicted molar refractivity (Wildman–Crippen MR) is 48.0 cm³/mol. The molecule has 1 saturated carbocycles. The number of nitrogens with zero attached hydrogens (tertiary/aromatic N) is 1. The lowest BCUT2D eigenvalue weighted by Gasteiger charge is -2.30. The van der Waals surface area contributed by atoms with Gasteiger partial charge in [-0.05, 0) is 37.5 Å². The van der Waals surface area contributed by atoms with Crippen molar-refractivity contribution >= 4 is 5.71 Å². The predicted octanol–water partition coefficient (Wildman–Crippen LogP) is 2.66. The lowest BCUT2D eigenvalue weighted by atomic mass is 9.78. The van der Waals surface area contributed by atoms with Gasteiger partial charge >= 0.3 is 0 Å². The first kappa shape index (κ1) is 7.33. The first-order chi connectivity index (χ1) is 5.36. The molecule has 1 aliphatic carbocycles. The van der Waals surface area contributed by atoms with Crippen molar-refractivity contribution in [3.05, 3.63) is 0 Å². The Hall–Kier alpha value is -0.330. The minimum Gasteiger partial charge on any atom is -0.294 e. The van der Waals surface area contributed by atoms with Gasteiger partial charge in [0.15, 0.2) is 0 Å². The van der Waals surface area contributed by atoms with E-state index in [9.17, 15) is 0 Å². The second-order valence-corrected chi connectivity index (χ2v) is 4.10. The van der Waals surface area contributed by atoms with Crippen molar-refractivity contribution in [1.82, 2.24) is 0 Å². The van der Waals surface area contributed by atoms with Crippen LogP contribution in [0.4, 0.5) is 0 Å². The summed E-state index contributed by atoms with van der Waals surface area (Å²) in [6.45, 7) is 3.41. The maximum atomic E-state index is 4.65. The molecule has 11 heavy (non-hydrogen) atoms. The van der Waals surface area contributed by atoms with E-state index in [0.29, 0.717) is 0 Å². The molecule has 62 valence electrons. The normalized spacial score (nSPS) is 32.8. The molecule has 0 N–H and O–H groups in total. The Balaban J connectivity index is 1.93. The lowest BCUT2D eigenvalue weighted by molar-refractivity contribution is 0.395. The Kier molecular flexibility index (Phi) is 1.97. The highest BCUT2D eigenvalue weighted by molar-refractivity contribution is 5.87. The molecule has 0 aromatic carbocycles. The van der Waals surface area contributed by atoms with Crippen LogP contribution in [0.5, 0.6) is 0 Å². The van der Waals surface area contributed by atoms with E-state index in [-0.39, 0.29) is 0 Å². The van der Waals surface area contributed by atoms with Crippen LogP contribution in [0.15, 0.2) is 4.99 Å². The molecule has 0 aromatic heterocycles. The van der Waals surface area contributed by atoms with E-state index in [1.807, 2.05) is 0 Å². The van der Waals surface area contributed by atoms with Crippen LogP contribution in [0.3, 0.4) is 0 Å². The minimum absolute atomic E-state index is 0.846. The SMILES string of the molecule is CC1CCC(C2CCC2)=NC1. The minimum atomic E-state index is 0.846. The fourth-order valence-electron chi connectivity index (χ4n) is 1.91. The van der Waals surface area contributed by atoms with Crippen molar-refractivity contribution in [2.45, 2.75) is 39.0 Å². The van der Waals surface area contributed by atoms with Crippen molar-refractivity contribution in [2.24, 2.45) is 16.8 Å². The Bertz CT molecular complexity index is 168. The van der Waals surface area contributed by atoms with E-state index in [1.165, 1.54) is 32.1 Å². The topological polar surface area (TPSA) is 12.4 Å². The van der Waals surface area contributed by atoms with Crippen molar-refractivity contribution < 1.29 is 0 Å². The Labute approximate surface area is 68.9 Å². The quantitative estimate of drug-likeness (QED) is 0.546. The average Bonchev–Trinajstić information content (AvgIpc) is 1.90. The van der Waals surface area contributed by atoms with Crippen molar-refractivity contribution in [3.8, 4) is 0 Å². The molecule has 2 aliphatic rings. The molecule has 1 unspecified atom stereocenters. The summed E-state index contributed by atoms with van der Waals surface area (Å²) in [4.78, 5) is 4.65. The first-order valence-corrected chi connectivity index (χ1v) is 4.89. The van der Waals surface area contributed by atoms with Crippen LogP contribution in [-0.4, -0.2) is 12.3 Å². The number of hydrogen-bond acceptors (Lipinski definition) is 1. The lowest BCUT2D eigenvalue weighted by Crippen LogP contribution is -2.26. The molecule has 1 heterocycles. The summed E-state index contributed by atoms with van der Waals surface area (Å²) in [6.07, 6.45) is 6.97. The molecular formula is C10H17N. The zero-order chi connectivity index (χ0) is 7.68. The van der Waals surface area contributed by atoms with Gasteiger partial charge in [0.05, 0.1) is 0 Å². The maximum absolute atomic E-state index is 4.65. The van der Waals surface area contributed by atoms with Gasteiger partial charge in [-0.25, -0.2) is 0 Å². The third-order valence-electron chi connectivity index (χ3n) is 3.08. The first-order valence-electron chi connectivity index (χ1n) is 4.89. The molecule has 2 rings (SSSR count). The van der Waals surface area contributed by atoms with Gasteiger partial charge in [0.2, 0.25) is 0 Å². The standard InChI is InChI=1S/C10H17N/c1-8-5-6-10(11-7-8)9-3-2-4-9/h8-9H,2-7H2,1H3. The van der Waals surface area contributed by atoms with Crippen LogP contribution >= 0.6 is 0 Å². The smallest absolute Gasteiger partial charge is 0.0414 e. The molecule has 0 spiro atoms. The summed E-state index contributed by atoms with van der Waals surface area (Å²) in [7, 11) is 0. The highest BCUT2D eigenvalue weighted by Crippen LogP contribution is 2.31. The van der Waals surface area contributed by atoms with Crippen molar-refractivity contribution in [3.63, 3.8) is 0 Å². The maximum Gasteiger partial charge on any atom is 0.0414 e. The van der Waals surface area contributed by atoms with E-state index in [2.05, 4.69) is 11.9 Å². The molecule has 0 radical (unpaired) electrons. The molecule has 1 atom stereocenters. The molecule has 0 amide bonds. The van der Waals surface area contributed by atoms with Gasteiger partial charge < -0.3 is 0 Å². The number of rotatable bonds is 1. The van der Waals surface area contributed by atoms with Crippen LogP contribution in [0.1, 0.15) is 39.0 Å². The second-order valence-electron chi connectivity index (χ2n) is 4.10. The zero-order valence-corrected chi connectivity index (χ0v) is 7.34. The van der Waals surface area contributed by atoms with Gasteiger partial charge in [-0.1, -0.05) is 13.3 Å². The third kappa shape index (κ3) is 1.47. The van der Waals surface area contributed by atoms with Gasteiger partial charge in [-0.2, -0.15) is 0 Å². The molecule has 0 bridgehead atoms. The van der Waals surface area contributed by atoms with Gasteiger partial charge in [0.1, 0.15) is 0 Å². The molecule has 0 aromatic rings. The zero-order valence-electron chi connectivity index (χ0n) is 7.34. The molecule has 1 nitrogen and oxygen atoms in total. The van der Waals surface area contributed by atoms with Gasteiger partial charge in [0.25, 0.3) is 0 Å². The van der Waals surface area contributed by atoms with Gasteiger partial charge in [-0.15, -0.1) is 0 Å². The Morgan fingerprint density at radius 3 is 2.55 bits per heavy atom. The highest BCUT2D eigenvalue weighted by atomic mass is 14.8. The van der Waals surface area contributed by atoms with Crippen molar-refractivity contribution in [2.75, 3.05) is 6.54 Å². The summed E-state index contributed by atoms with van der Waals surface area (Å²) in [6, 6.07) is 0. The van der Waals surface area contributed by atoms with E-state index < -0.39 is 0 Å². The summed E-state index contributed by atoms with van der Waals surface area (Å²) < 4.78 is 0. The molecular weight excluding hydrogens is 134 g/mol. The summed E-state index contributed by atoms with van der Waals surface area (Å²) in [5.41, 5.74) is 1.55. The van der Waals surface area contributed by atoms with Crippen LogP contribution in [0.2, 0.25) is 0 Å². The summed E-state index contributed by atoms with van der Waals surface area (Å²) >= 11 is 0. The average molecular weight is 151 g/mol. The number of aliphatic imine (C=N–C) groups is 1. The van der Waals surface area contributed by atoms with Crippen LogP contribution in [0, 0.1) is 11.8 Å². The monoisotopic (exact) mass is 151 g/mol. The summed E-state index contributed by atoms with van der Waals surface area (Å²) in [5.74, 6) is 1.75. The largest absolute Gasteiger partial charge is 0.294 e. The van der Waals surface area contributed by atoms with Crippen LogP contribution < -0.4 is 0 Å². The van der Waals surface area contributed by atoms with E-state index in [4.69, 9.17) is 0 Å². The summed E-state index contributed by atoms with van der Waals surface area (Å²) in [5, 5.41) is 0. The Morgan fingerprint density at radius 1 is 1.27 bits per heavy atom. The van der Waals surface area contributed by atoms with Gasteiger partial charge in [0, 0.05) is 12.3 Å². The van der Waals surface area contributed by atoms with Crippen LogP contribution in [-0.2, 0) is 0 Å². The molecule has 1 aliphatic heterocycles. The Morgan fingerprint density at radius 2 is 2.09 bits per heavy atom. The molecule has 1 fully saturated rings. The van der Waals surface area contributed by atoms with E-state index in [0.717, 1.165) is 18.4 Å². The van der Waals surface area contributed by atoms with E-state index in [1.54, 1.807) is 5.71 Å². The van der Waals surface area contributed by atoms with Crippen LogP contribution in [0.25, 0.3) is 0 Å². The van der Waals surface area contributed by atoms with Crippen molar-refractivity contribution in [1.29, 1.82) is 0 Å². The fourth-order valence-corrected chi connectivity index (χ4v) is 1.91. The highest BCUT2D eigenvalue weighted by Gasteiger charge is 2.24. The number of hydrogen-bond donors (Lipinski definition) is 0. The van der Waals surface area contributed by atoms with E-state index >= 15 is 0 Å². The second kappa shape index (κ2) is 2.96. The van der Waals surface area contributed by atoms with Gasteiger partial charge in [-0.3, -0.25) is 4.99 Å².